The third kappa shape index (κ3) is 1.17. The van der Waals surface area contributed by atoms with Crippen LogP contribution >= 0.6 is 11.6 Å². The van der Waals surface area contributed by atoms with Gasteiger partial charge in [0.2, 0.25) is 0 Å². The van der Waals surface area contributed by atoms with Gasteiger partial charge in [-0.2, -0.15) is 0 Å². The first-order valence-corrected chi connectivity index (χ1v) is 4.48. The average Bonchev–Trinajstić information content (AvgIpc) is 2.55. The lowest BCUT2D eigenvalue weighted by atomic mass is 10.1. The van der Waals surface area contributed by atoms with Gasteiger partial charge in [-0.15, -0.1) is 0 Å². The number of rotatable bonds is 1. The highest BCUT2D eigenvalue weighted by Gasteiger charge is 2.12. The van der Waals surface area contributed by atoms with Crippen LogP contribution in [0.4, 0.5) is 0 Å². The van der Waals surface area contributed by atoms with E-state index in [1.54, 1.807) is 12.1 Å². The fourth-order valence-electron chi connectivity index (χ4n) is 1.50. The lowest BCUT2D eigenvalue weighted by Gasteiger charge is -1.99. The molecule has 0 unspecified atom stereocenters. The number of carboxylic acids is 1. The SMILES string of the molecule is Cc1c(Cl)ccc2c(C(=O)O)c[nH]c12. The summed E-state index contributed by atoms with van der Waals surface area (Å²) >= 11 is 5.91. The molecular weight excluding hydrogens is 202 g/mol. The van der Waals surface area contributed by atoms with Gasteiger partial charge in [0.05, 0.1) is 11.1 Å². The predicted molar refractivity (Wildman–Crippen MR) is 55.0 cm³/mol. The second-order valence-corrected chi connectivity index (χ2v) is 3.51. The van der Waals surface area contributed by atoms with Crippen LogP contribution in [0.1, 0.15) is 15.9 Å². The van der Waals surface area contributed by atoms with Gasteiger partial charge in [0.25, 0.3) is 0 Å². The van der Waals surface area contributed by atoms with Crippen molar-refractivity contribution in [2.45, 2.75) is 6.92 Å². The predicted octanol–water partition coefficient (Wildman–Crippen LogP) is 2.83. The quantitative estimate of drug-likeness (QED) is 0.759. The van der Waals surface area contributed by atoms with E-state index in [1.165, 1.54) is 6.20 Å². The zero-order valence-electron chi connectivity index (χ0n) is 7.47. The summed E-state index contributed by atoms with van der Waals surface area (Å²) in [5.74, 6) is -0.932. The van der Waals surface area contributed by atoms with E-state index >= 15 is 0 Å². The number of H-pyrrole nitrogens is 1. The van der Waals surface area contributed by atoms with E-state index in [0.717, 1.165) is 11.1 Å². The average molecular weight is 210 g/mol. The van der Waals surface area contributed by atoms with Crippen LogP contribution in [0.3, 0.4) is 0 Å². The summed E-state index contributed by atoms with van der Waals surface area (Å²) in [6.45, 7) is 1.85. The summed E-state index contributed by atoms with van der Waals surface area (Å²) in [5.41, 5.74) is 1.94. The molecule has 2 N–H and O–H groups in total. The highest BCUT2D eigenvalue weighted by molar-refractivity contribution is 6.32. The van der Waals surface area contributed by atoms with Crippen LogP contribution in [-0.2, 0) is 0 Å². The summed E-state index contributed by atoms with van der Waals surface area (Å²) in [6.07, 6.45) is 1.48. The molecule has 0 saturated heterocycles. The normalized spacial score (nSPS) is 10.7. The summed E-state index contributed by atoms with van der Waals surface area (Å²) in [4.78, 5) is 13.7. The van der Waals surface area contributed by atoms with Gasteiger partial charge in [-0.1, -0.05) is 17.7 Å². The van der Waals surface area contributed by atoms with Gasteiger partial charge in [0, 0.05) is 16.6 Å². The van der Waals surface area contributed by atoms with E-state index in [1.807, 2.05) is 6.92 Å². The minimum atomic E-state index is -0.932. The van der Waals surface area contributed by atoms with Crippen molar-refractivity contribution in [1.82, 2.24) is 4.98 Å². The molecule has 0 radical (unpaired) electrons. The molecule has 2 aromatic rings. The number of carboxylic acid groups (broad SMARTS) is 1. The van der Waals surface area contributed by atoms with Gasteiger partial charge in [-0.05, 0) is 18.6 Å². The van der Waals surface area contributed by atoms with Crippen molar-refractivity contribution < 1.29 is 9.90 Å². The molecule has 4 heteroatoms. The van der Waals surface area contributed by atoms with Crippen molar-refractivity contribution >= 4 is 28.5 Å². The number of hydrogen-bond donors (Lipinski definition) is 2. The molecular formula is C10H8ClNO2. The minimum Gasteiger partial charge on any atom is -0.478 e. The Morgan fingerprint density at radius 3 is 2.86 bits per heavy atom. The molecule has 1 aromatic heterocycles. The van der Waals surface area contributed by atoms with Gasteiger partial charge < -0.3 is 10.1 Å². The standard InChI is InChI=1S/C10H8ClNO2/c1-5-8(11)3-2-6-7(10(13)14)4-12-9(5)6/h2-4,12H,1H3,(H,13,14). The molecule has 0 aliphatic heterocycles. The number of carbonyl (C=O) groups is 1. The molecule has 0 atom stereocenters. The number of aryl methyl sites for hydroxylation is 1. The molecule has 0 aliphatic rings. The van der Waals surface area contributed by atoms with Crippen molar-refractivity contribution in [2.24, 2.45) is 0 Å². The van der Waals surface area contributed by atoms with E-state index in [0.29, 0.717) is 10.4 Å². The molecule has 0 aliphatic carbocycles. The number of benzene rings is 1. The van der Waals surface area contributed by atoms with Crippen LogP contribution in [0, 0.1) is 6.92 Å². The van der Waals surface area contributed by atoms with Crippen LogP contribution in [-0.4, -0.2) is 16.1 Å². The number of nitrogens with one attached hydrogen (secondary N) is 1. The second-order valence-electron chi connectivity index (χ2n) is 3.10. The van der Waals surface area contributed by atoms with Gasteiger partial charge in [0.1, 0.15) is 0 Å². The van der Waals surface area contributed by atoms with E-state index in [2.05, 4.69) is 4.98 Å². The van der Waals surface area contributed by atoms with Crippen LogP contribution in [0.2, 0.25) is 5.02 Å². The van der Waals surface area contributed by atoms with Crippen molar-refractivity contribution in [3.8, 4) is 0 Å². The Labute approximate surface area is 85.3 Å². The first-order valence-electron chi connectivity index (χ1n) is 4.10. The molecule has 0 bridgehead atoms. The summed E-state index contributed by atoms with van der Waals surface area (Å²) < 4.78 is 0. The Morgan fingerprint density at radius 1 is 1.50 bits per heavy atom. The Hall–Kier alpha value is -1.48. The van der Waals surface area contributed by atoms with Gasteiger partial charge in [-0.25, -0.2) is 4.79 Å². The number of hydrogen-bond acceptors (Lipinski definition) is 1. The highest BCUT2D eigenvalue weighted by atomic mass is 35.5. The summed E-state index contributed by atoms with van der Waals surface area (Å²) in [5, 5.41) is 10.2. The molecule has 1 aromatic carbocycles. The molecule has 14 heavy (non-hydrogen) atoms. The number of aromatic amines is 1. The van der Waals surface area contributed by atoms with Crippen molar-refractivity contribution in [3.63, 3.8) is 0 Å². The lowest BCUT2D eigenvalue weighted by molar-refractivity contribution is 0.0699. The van der Waals surface area contributed by atoms with E-state index in [4.69, 9.17) is 16.7 Å². The maximum Gasteiger partial charge on any atom is 0.337 e. The molecule has 1 heterocycles. The topological polar surface area (TPSA) is 53.1 Å². The van der Waals surface area contributed by atoms with Crippen LogP contribution in [0.5, 0.6) is 0 Å². The molecule has 0 fully saturated rings. The van der Waals surface area contributed by atoms with Gasteiger partial charge >= 0.3 is 5.97 Å². The van der Waals surface area contributed by atoms with Crippen LogP contribution in [0.15, 0.2) is 18.3 Å². The van der Waals surface area contributed by atoms with Gasteiger partial charge in [-0.3, -0.25) is 0 Å². The highest BCUT2D eigenvalue weighted by Crippen LogP contribution is 2.26. The lowest BCUT2D eigenvalue weighted by Crippen LogP contribution is -1.93. The molecule has 0 spiro atoms. The first kappa shape index (κ1) is 9.09. The zero-order valence-corrected chi connectivity index (χ0v) is 8.22. The van der Waals surface area contributed by atoms with Gasteiger partial charge in [0.15, 0.2) is 0 Å². The fourth-order valence-corrected chi connectivity index (χ4v) is 1.65. The number of halogens is 1. The van der Waals surface area contributed by atoms with Crippen LogP contribution in [0.25, 0.3) is 10.9 Å². The Kier molecular flexibility index (Phi) is 1.97. The molecule has 2 rings (SSSR count). The van der Waals surface area contributed by atoms with E-state index in [9.17, 15) is 4.79 Å². The third-order valence-electron chi connectivity index (χ3n) is 2.28. The Morgan fingerprint density at radius 2 is 2.21 bits per heavy atom. The minimum absolute atomic E-state index is 0.278. The molecule has 72 valence electrons. The zero-order chi connectivity index (χ0) is 10.3. The Balaban J connectivity index is 2.83. The number of aromatic nitrogens is 1. The maximum atomic E-state index is 10.8. The second kappa shape index (κ2) is 3.03. The fraction of sp³-hybridized carbons (Fsp3) is 0.100. The van der Waals surface area contributed by atoms with Crippen molar-refractivity contribution in [1.29, 1.82) is 0 Å². The smallest absolute Gasteiger partial charge is 0.337 e. The third-order valence-corrected chi connectivity index (χ3v) is 2.69. The van der Waals surface area contributed by atoms with Crippen molar-refractivity contribution in [2.75, 3.05) is 0 Å². The van der Waals surface area contributed by atoms with E-state index in [-0.39, 0.29) is 5.56 Å². The van der Waals surface area contributed by atoms with Crippen molar-refractivity contribution in [3.05, 3.63) is 34.5 Å². The summed E-state index contributed by atoms with van der Waals surface area (Å²) in [7, 11) is 0. The van der Waals surface area contributed by atoms with E-state index < -0.39 is 5.97 Å². The summed E-state index contributed by atoms with van der Waals surface area (Å²) in [6, 6.07) is 3.42. The largest absolute Gasteiger partial charge is 0.478 e. The number of aromatic carboxylic acids is 1. The molecule has 0 amide bonds. The Bertz CT molecular complexity index is 516. The van der Waals surface area contributed by atoms with Crippen LogP contribution < -0.4 is 0 Å². The first-order chi connectivity index (χ1) is 6.61. The maximum absolute atomic E-state index is 10.8. The monoisotopic (exact) mass is 209 g/mol. The molecule has 3 nitrogen and oxygen atoms in total. The number of fused-ring (bicyclic) bond motifs is 1. The molecule has 0 saturated carbocycles.